The van der Waals surface area contributed by atoms with E-state index in [-0.39, 0.29) is 23.2 Å². The van der Waals surface area contributed by atoms with E-state index >= 15 is 0 Å². The molecule has 1 aliphatic heterocycles. The van der Waals surface area contributed by atoms with Gasteiger partial charge in [0.25, 0.3) is 0 Å². The lowest BCUT2D eigenvalue weighted by Crippen LogP contribution is -2.64. The molecule has 1 saturated heterocycles. The van der Waals surface area contributed by atoms with Crippen LogP contribution in [0.25, 0.3) is 0 Å². The van der Waals surface area contributed by atoms with Crippen molar-refractivity contribution in [1.82, 2.24) is 10.6 Å². The van der Waals surface area contributed by atoms with E-state index in [1.54, 1.807) is 13.8 Å². The number of hydrogen-bond donors (Lipinski definition) is 5. The molecular formula is C15H33N3O2. The fourth-order valence-corrected chi connectivity index (χ4v) is 3.58. The minimum absolute atomic E-state index is 0.0138. The number of nitrogens with two attached hydrogens (primary N) is 1. The molecule has 0 aliphatic carbocycles. The lowest BCUT2D eigenvalue weighted by atomic mass is 9.75. The van der Waals surface area contributed by atoms with Crippen LogP contribution in [0.2, 0.25) is 0 Å². The molecular weight excluding hydrogens is 254 g/mol. The Labute approximate surface area is 123 Å². The highest BCUT2D eigenvalue weighted by molar-refractivity contribution is 5.02. The fourth-order valence-electron chi connectivity index (χ4n) is 3.58. The van der Waals surface area contributed by atoms with Gasteiger partial charge in [-0.15, -0.1) is 0 Å². The summed E-state index contributed by atoms with van der Waals surface area (Å²) in [4.78, 5) is 0. The second-order valence-corrected chi connectivity index (χ2v) is 7.55. The molecule has 0 aromatic heterocycles. The predicted molar refractivity (Wildman–Crippen MR) is 82.6 cm³/mol. The molecule has 0 spiro atoms. The summed E-state index contributed by atoms with van der Waals surface area (Å²) in [7, 11) is 0. The van der Waals surface area contributed by atoms with Crippen LogP contribution in [0.5, 0.6) is 0 Å². The highest BCUT2D eigenvalue weighted by Crippen LogP contribution is 2.31. The monoisotopic (exact) mass is 287 g/mol. The van der Waals surface area contributed by atoms with Crippen molar-refractivity contribution in [3.63, 3.8) is 0 Å². The van der Waals surface area contributed by atoms with Gasteiger partial charge < -0.3 is 26.6 Å². The van der Waals surface area contributed by atoms with Crippen LogP contribution < -0.4 is 16.4 Å². The first-order valence-electron chi connectivity index (χ1n) is 7.67. The smallest absolute Gasteiger partial charge is 0.0665 e. The molecule has 1 rings (SSSR count). The van der Waals surface area contributed by atoms with Crippen molar-refractivity contribution in [3.8, 4) is 0 Å². The second kappa shape index (κ2) is 6.71. The first-order chi connectivity index (χ1) is 9.03. The quantitative estimate of drug-likeness (QED) is 0.486. The number of nitrogens with one attached hydrogen (secondary N) is 2. The lowest BCUT2D eigenvalue weighted by Gasteiger charge is -2.49. The van der Waals surface area contributed by atoms with Gasteiger partial charge in [-0.25, -0.2) is 0 Å². The summed E-state index contributed by atoms with van der Waals surface area (Å²) < 4.78 is 0. The van der Waals surface area contributed by atoms with Crippen molar-refractivity contribution in [2.45, 2.75) is 89.3 Å². The first kappa shape index (κ1) is 17.9. The summed E-state index contributed by atoms with van der Waals surface area (Å²) in [6.45, 7) is 10.5. The van der Waals surface area contributed by atoms with Crippen LogP contribution >= 0.6 is 0 Å². The molecule has 1 fully saturated rings. The molecule has 1 heterocycles. The van der Waals surface area contributed by atoms with Gasteiger partial charge in [0.15, 0.2) is 0 Å². The fraction of sp³-hybridized carbons (Fsp3) is 1.00. The Morgan fingerprint density at radius 3 is 2.30 bits per heavy atom. The molecule has 0 aromatic rings. The minimum Gasteiger partial charge on any atom is -0.392 e. The average Bonchev–Trinajstić information content (AvgIpc) is 2.19. The van der Waals surface area contributed by atoms with E-state index in [0.717, 1.165) is 19.3 Å². The minimum atomic E-state index is -0.464. The molecule has 0 amide bonds. The Balaban J connectivity index is 2.70. The molecule has 20 heavy (non-hydrogen) atoms. The molecule has 5 atom stereocenters. The van der Waals surface area contributed by atoms with Crippen LogP contribution in [0, 0.1) is 0 Å². The van der Waals surface area contributed by atoms with E-state index in [4.69, 9.17) is 5.73 Å². The van der Waals surface area contributed by atoms with Gasteiger partial charge >= 0.3 is 0 Å². The number of aliphatic hydroxyl groups excluding tert-OH is 2. The van der Waals surface area contributed by atoms with Crippen LogP contribution in [-0.2, 0) is 0 Å². The van der Waals surface area contributed by atoms with Crippen molar-refractivity contribution in [3.05, 3.63) is 0 Å². The second-order valence-electron chi connectivity index (χ2n) is 7.55. The number of aliphatic hydroxyl groups is 2. The third kappa shape index (κ3) is 5.66. The van der Waals surface area contributed by atoms with E-state index in [0.29, 0.717) is 6.54 Å². The van der Waals surface area contributed by atoms with E-state index < -0.39 is 12.2 Å². The van der Waals surface area contributed by atoms with E-state index in [2.05, 4.69) is 31.4 Å². The third-order valence-corrected chi connectivity index (χ3v) is 4.05. The van der Waals surface area contributed by atoms with Crippen LogP contribution in [-0.4, -0.2) is 52.1 Å². The van der Waals surface area contributed by atoms with Gasteiger partial charge in [-0.05, 0) is 53.9 Å². The number of hydrogen-bond acceptors (Lipinski definition) is 5. The van der Waals surface area contributed by atoms with E-state index in [1.807, 2.05) is 0 Å². The van der Waals surface area contributed by atoms with Gasteiger partial charge in [0.05, 0.1) is 12.2 Å². The summed E-state index contributed by atoms with van der Waals surface area (Å²) in [6, 6.07) is 0.130. The zero-order valence-corrected chi connectivity index (χ0v) is 13.6. The SMILES string of the molecule is CC(O)CNC(CC1(C)CC(N)CC(C)(C)N1)C(C)O. The summed E-state index contributed by atoms with van der Waals surface area (Å²) in [6.07, 6.45) is 1.77. The standard InChI is InChI=1S/C15H33N3O2/c1-10(19)9-17-13(11(2)20)8-15(5)7-12(16)6-14(3,4)18-15/h10-13,17-20H,6-9,16H2,1-5H3. The summed E-state index contributed by atoms with van der Waals surface area (Å²) >= 11 is 0. The normalized spacial score (nSPS) is 34.5. The van der Waals surface area contributed by atoms with Gasteiger partial charge in [-0.3, -0.25) is 0 Å². The summed E-state index contributed by atoms with van der Waals surface area (Å²) in [5.41, 5.74) is 6.11. The molecule has 0 saturated carbocycles. The van der Waals surface area contributed by atoms with Crippen molar-refractivity contribution in [2.75, 3.05) is 6.54 Å². The van der Waals surface area contributed by atoms with Gasteiger partial charge in [0, 0.05) is 29.7 Å². The highest BCUT2D eigenvalue weighted by Gasteiger charge is 2.41. The van der Waals surface area contributed by atoms with Gasteiger partial charge in [-0.2, -0.15) is 0 Å². The van der Waals surface area contributed by atoms with Gasteiger partial charge in [-0.1, -0.05) is 0 Å². The Bertz CT molecular complexity index is 307. The zero-order chi connectivity index (χ0) is 15.6. The number of rotatable bonds is 6. The predicted octanol–water partition coefficient (Wildman–Crippen LogP) is 0.344. The maximum absolute atomic E-state index is 9.96. The Morgan fingerprint density at radius 1 is 1.25 bits per heavy atom. The maximum atomic E-state index is 9.96. The molecule has 0 bridgehead atoms. The largest absolute Gasteiger partial charge is 0.392 e. The lowest BCUT2D eigenvalue weighted by molar-refractivity contribution is 0.0776. The molecule has 1 aliphatic rings. The molecule has 5 heteroatoms. The Kier molecular flexibility index (Phi) is 5.99. The molecule has 120 valence electrons. The summed E-state index contributed by atoms with van der Waals surface area (Å²) in [5.74, 6) is 0. The molecule has 0 radical (unpaired) electrons. The van der Waals surface area contributed by atoms with E-state index in [9.17, 15) is 10.2 Å². The summed E-state index contributed by atoms with van der Waals surface area (Å²) in [5, 5.41) is 26.3. The molecule has 5 unspecified atom stereocenters. The van der Waals surface area contributed by atoms with Crippen molar-refractivity contribution in [1.29, 1.82) is 0 Å². The van der Waals surface area contributed by atoms with Crippen LogP contribution in [0.3, 0.4) is 0 Å². The average molecular weight is 287 g/mol. The van der Waals surface area contributed by atoms with Gasteiger partial charge in [0.2, 0.25) is 0 Å². The van der Waals surface area contributed by atoms with Crippen LogP contribution in [0.1, 0.15) is 53.9 Å². The van der Waals surface area contributed by atoms with Crippen molar-refractivity contribution in [2.24, 2.45) is 5.73 Å². The van der Waals surface area contributed by atoms with Gasteiger partial charge in [0.1, 0.15) is 0 Å². The molecule has 0 aromatic carbocycles. The highest BCUT2D eigenvalue weighted by atomic mass is 16.3. The third-order valence-electron chi connectivity index (χ3n) is 4.05. The van der Waals surface area contributed by atoms with E-state index in [1.165, 1.54) is 0 Å². The first-order valence-corrected chi connectivity index (χ1v) is 7.67. The zero-order valence-electron chi connectivity index (χ0n) is 13.6. The van der Waals surface area contributed by atoms with Crippen LogP contribution in [0.15, 0.2) is 0 Å². The molecule has 6 N–H and O–H groups in total. The van der Waals surface area contributed by atoms with Crippen molar-refractivity contribution < 1.29 is 10.2 Å². The van der Waals surface area contributed by atoms with Crippen molar-refractivity contribution >= 4 is 0 Å². The Morgan fingerprint density at radius 2 is 1.85 bits per heavy atom. The topological polar surface area (TPSA) is 90.5 Å². The number of piperidine rings is 1. The van der Waals surface area contributed by atoms with Crippen LogP contribution in [0.4, 0.5) is 0 Å². The molecule has 5 nitrogen and oxygen atoms in total. The Hall–Kier alpha value is -0.200. The maximum Gasteiger partial charge on any atom is 0.0665 e.